The molecule has 12 heteroatoms. The van der Waals surface area contributed by atoms with Crippen molar-refractivity contribution in [3.8, 4) is 0 Å². The third-order valence-electron chi connectivity index (χ3n) is 6.06. The molecule has 0 saturated heterocycles. The number of rotatable bonds is 18. The van der Waals surface area contributed by atoms with Gasteiger partial charge in [0.1, 0.15) is 0 Å². The fraction of sp³-hybridized carbons (Fsp3) is 0.750. The van der Waals surface area contributed by atoms with Crippen molar-refractivity contribution in [3.63, 3.8) is 0 Å². The number of hydrogen-bond donors (Lipinski definition) is 3. The maximum atomic E-state index is 12.9. The first-order chi connectivity index (χ1) is 16.9. The lowest BCUT2D eigenvalue weighted by molar-refractivity contribution is -0.147. The van der Waals surface area contributed by atoms with Crippen molar-refractivity contribution in [1.82, 2.24) is 0 Å². The summed E-state index contributed by atoms with van der Waals surface area (Å²) in [4.78, 5) is 10.6. The predicted octanol–water partition coefficient (Wildman–Crippen LogP) is 6.54. The number of aliphatic hydroxyl groups is 2. The van der Waals surface area contributed by atoms with Gasteiger partial charge in [-0.25, -0.2) is 0 Å². The zero-order chi connectivity index (χ0) is 27.6. The number of ether oxygens (including phenoxy) is 2. The van der Waals surface area contributed by atoms with E-state index in [9.17, 15) is 28.8 Å². The molecule has 0 aromatic heterocycles. The van der Waals surface area contributed by atoms with E-state index in [4.69, 9.17) is 14.0 Å². The summed E-state index contributed by atoms with van der Waals surface area (Å²) >= 11 is 0. The van der Waals surface area contributed by atoms with Crippen LogP contribution < -0.4 is 0 Å². The van der Waals surface area contributed by atoms with Crippen molar-refractivity contribution in [2.45, 2.75) is 97.3 Å². The molecule has 0 bridgehead atoms. The van der Waals surface area contributed by atoms with E-state index < -0.39 is 41.7 Å². The molecular weight excluding hydrogens is 525 g/mol. The summed E-state index contributed by atoms with van der Waals surface area (Å²) < 4.78 is 54.0. The zero-order valence-electron chi connectivity index (χ0n) is 22.2. The van der Waals surface area contributed by atoms with Gasteiger partial charge in [-0.1, -0.05) is 40.0 Å². The lowest BCUT2D eigenvalue weighted by Crippen LogP contribution is -2.32. The van der Waals surface area contributed by atoms with Crippen LogP contribution in [0.15, 0.2) is 0 Å². The Morgan fingerprint density at radius 1 is 0.750 bits per heavy atom. The summed E-state index contributed by atoms with van der Waals surface area (Å²) in [6, 6.07) is 0. The topological polar surface area (TPSA) is 140 Å². The molecule has 36 heavy (non-hydrogen) atoms. The van der Waals surface area contributed by atoms with E-state index in [1.807, 2.05) is 20.8 Å². The average molecular weight is 567 g/mol. The normalized spacial score (nSPS) is 17.1. The molecule has 3 N–H and O–H groups in total. The summed E-state index contributed by atoms with van der Waals surface area (Å²) in [5.41, 5.74) is -3.21. The molecule has 0 aliphatic carbocycles. The largest absolute Gasteiger partial charge is 0.353 e. The maximum Gasteiger partial charge on any atom is 0.332 e. The average Bonchev–Trinajstić information content (AvgIpc) is 2.82. The first-order valence-electron chi connectivity index (χ1n) is 12.4. The summed E-state index contributed by atoms with van der Waals surface area (Å²) in [7, 11) is -5.65. The standard InChI is InChI=1S/C24H41O9P3/c1-7-10-13-31-23(25,34-27)21-17(4)20(16-36(29,30)33-15-12-9-3)18(5)22(19(21)6)24(26,35-28)32-14-11-8-2/h25-26H,7-16H2,1-6H3,(H,29,30). The van der Waals surface area contributed by atoms with Gasteiger partial charge in [0.25, 0.3) is 11.1 Å². The minimum atomic E-state index is -4.13. The van der Waals surface area contributed by atoms with Crippen LogP contribution in [0, 0.1) is 20.8 Å². The Morgan fingerprint density at radius 3 is 1.50 bits per heavy atom. The number of benzene rings is 1. The highest BCUT2D eigenvalue weighted by Crippen LogP contribution is 2.52. The van der Waals surface area contributed by atoms with Gasteiger partial charge in [-0.2, -0.15) is 0 Å². The Balaban J connectivity index is 3.87. The Labute approximate surface area is 217 Å². The van der Waals surface area contributed by atoms with Gasteiger partial charge in [0, 0.05) is 11.1 Å². The van der Waals surface area contributed by atoms with Crippen LogP contribution in [0.25, 0.3) is 0 Å². The molecule has 0 amide bonds. The minimum absolute atomic E-state index is 0.0561. The second-order valence-electron chi connectivity index (χ2n) is 8.89. The Kier molecular flexibility index (Phi) is 14.0. The fourth-order valence-electron chi connectivity index (χ4n) is 4.09. The van der Waals surface area contributed by atoms with Crippen LogP contribution in [0.4, 0.5) is 0 Å². The van der Waals surface area contributed by atoms with Crippen molar-refractivity contribution in [2.24, 2.45) is 0 Å². The molecule has 9 nitrogen and oxygen atoms in total. The summed E-state index contributed by atoms with van der Waals surface area (Å²) in [6.45, 7) is 10.9. The SMILES string of the molecule is CCCCOC(O)(P=O)c1c(C)c(CP(=O)(O)OCCCC)c(C)c(C(O)(OCCCC)P=O)c1C. The van der Waals surface area contributed by atoms with Crippen LogP contribution in [0.2, 0.25) is 0 Å². The summed E-state index contributed by atoms with van der Waals surface area (Å²) in [5, 5.41) is 22.7. The molecule has 0 radical (unpaired) electrons. The molecule has 0 fully saturated rings. The van der Waals surface area contributed by atoms with Crippen molar-refractivity contribution < 1.29 is 42.8 Å². The van der Waals surface area contributed by atoms with E-state index in [0.29, 0.717) is 30.4 Å². The van der Waals surface area contributed by atoms with Crippen molar-refractivity contribution in [3.05, 3.63) is 33.4 Å². The number of unbranched alkanes of at least 4 members (excludes halogenated alkanes) is 3. The lowest BCUT2D eigenvalue weighted by atomic mass is 9.87. The van der Waals surface area contributed by atoms with Crippen molar-refractivity contribution >= 4 is 24.5 Å². The highest BCUT2D eigenvalue weighted by Gasteiger charge is 2.43. The van der Waals surface area contributed by atoms with Crippen molar-refractivity contribution in [2.75, 3.05) is 19.8 Å². The van der Waals surface area contributed by atoms with Gasteiger partial charge in [-0.05, 0) is 62.3 Å². The summed E-state index contributed by atoms with van der Waals surface area (Å²) in [6.07, 6.45) is 3.70. The second kappa shape index (κ2) is 15.1. The Bertz CT molecular complexity index is 885. The molecule has 0 spiro atoms. The van der Waals surface area contributed by atoms with Crippen LogP contribution in [-0.2, 0) is 44.9 Å². The molecule has 1 aromatic rings. The zero-order valence-corrected chi connectivity index (χ0v) is 24.9. The molecule has 3 atom stereocenters. The molecule has 1 aromatic carbocycles. The van der Waals surface area contributed by atoms with Crippen LogP contribution in [-0.4, -0.2) is 34.9 Å². The Morgan fingerprint density at radius 2 is 1.14 bits per heavy atom. The molecular formula is C24H41O9P3. The summed E-state index contributed by atoms with van der Waals surface area (Å²) in [5.74, 6) is 0. The van der Waals surface area contributed by atoms with Gasteiger partial charge < -0.3 is 29.1 Å². The fourth-order valence-corrected chi connectivity index (χ4v) is 6.61. The molecule has 206 valence electrons. The van der Waals surface area contributed by atoms with E-state index in [0.717, 1.165) is 19.3 Å². The third kappa shape index (κ3) is 8.46. The Hall–Kier alpha value is -0.590. The lowest BCUT2D eigenvalue weighted by Gasteiger charge is -2.33. The number of hydrogen-bond acceptors (Lipinski definition) is 8. The molecule has 1 rings (SSSR count). The van der Waals surface area contributed by atoms with Gasteiger partial charge in [-0.15, -0.1) is 0 Å². The molecule has 0 heterocycles. The van der Waals surface area contributed by atoms with Gasteiger partial charge in [0.2, 0.25) is 16.9 Å². The van der Waals surface area contributed by atoms with E-state index in [-0.39, 0.29) is 42.1 Å². The predicted molar refractivity (Wildman–Crippen MR) is 140 cm³/mol. The van der Waals surface area contributed by atoms with Gasteiger partial charge in [0.15, 0.2) is 0 Å². The maximum absolute atomic E-state index is 12.9. The highest BCUT2D eigenvalue weighted by molar-refractivity contribution is 7.51. The van der Waals surface area contributed by atoms with Crippen LogP contribution >= 0.6 is 24.5 Å². The molecule has 3 unspecified atom stereocenters. The highest BCUT2D eigenvalue weighted by atomic mass is 31.2. The quantitative estimate of drug-likeness (QED) is 0.103. The molecule has 0 aliphatic rings. The second-order valence-corrected chi connectivity index (χ2v) is 12.3. The van der Waals surface area contributed by atoms with Crippen molar-refractivity contribution in [1.29, 1.82) is 0 Å². The first kappa shape index (κ1) is 33.4. The van der Waals surface area contributed by atoms with Crippen LogP contribution in [0.5, 0.6) is 0 Å². The van der Waals surface area contributed by atoms with E-state index in [2.05, 4.69) is 0 Å². The van der Waals surface area contributed by atoms with E-state index in [1.54, 1.807) is 20.8 Å². The van der Waals surface area contributed by atoms with E-state index >= 15 is 0 Å². The molecule has 0 saturated carbocycles. The van der Waals surface area contributed by atoms with Crippen LogP contribution in [0.1, 0.15) is 92.7 Å². The van der Waals surface area contributed by atoms with Gasteiger partial charge in [0.05, 0.1) is 26.0 Å². The third-order valence-corrected chi connectivity index (χ3v) is 8.56. The monoisotopic (exact) mass is 566 g/mol. The van der Waals surface area contributed by atoms with E-state index in [1.165, 1.54) is 0 Å². The smallest absolute Gasteiger partial charge is 0.332 e. The first-order valence-corrected chi connectivity index (χ1v) is 15.8. The van der Waals surface area contributed by atoms with Crippen LogP contribution in [0.3, 0.4) is 0 Å². The van der Waals surface area contributed by atoms with Gasteiger partial charge >= 0.3 is 7.60 Å². The molecule has 0 aliphatic heterocycles. The minimum Gasteiger partial charge on any atom is -0.353 e. The van der Waals surface area contributed by atoms with Gasteiger partial charge in [-0.3, -0.25) is 13.7 Å².